The van der Waals surface area contributed by atoms with Crippen LogP contribution in [0.2, 0.25) is 0 Å². The molecule has 0 amide bonds. The van der Waals surface area contributed by atoms with Gasteiger partial charge in [0.05, 0.1) is 0 Å². The van der Waals surface area contributed by atoms with Crippen molar-refractivity contribution in [2.24, 2.45) is 0 Å². The Kier molecular flexibility index (Phi) is 2.60. The lowest BCUT2D eigenvalue weighted by atomic mass is 10.0. The Morgan fingerprint density at radius 3 is 2.67 bits per heavy atom. The molecule has 1 aromatic rings. The van der Waals surface area contributed by atoms with Gasteiger partial charge in [0.15, 0.2) is 0 Å². The van der Waals surface area contributed by atoms with E-state index in [4.69, 9.17) is 9.26 Å². The first kappa shape index (κ1) is 8.43. The summed E-state index contributed by atoms with van der Waals surface area (Å²) >= 11 is 2.05. The minimum atomic E-state index is 0.412. The van der Waals surface area contributed by atoms with Gasteiger partial charge in [-0.2, -0.15) is 4.98 Å². The lowest BCUT2D eigenvalue weighted by Gasteiger charge is -2.17. The quantitative estimate of drug-likeness (QED) is 0.733. The topological polar surface area (TPSA) is 48.2 Å². The SMILES string of the molecule is Ic1noc(C2CCOCC2)n1. The van der Waals surface area contributed by atoms with Crippen LogP contribution in [0.4, 0.5) is 0 Å². The zero-order valence-electron chi connectivity index (χ0n) is 6.49. The van der Waals surface area contributed by atoms with Crippen LogP contribution in [-0.4, -0.2) is 23.4 Å². The van der Waals surface area contributed by atoms with Gasteiger partial charge in [0, 0.05) is 41.7 Å². The summed E-state index contributed by atoms with van der Waals surface area (Å²) in [7, 11) is 0. The number of halogens is 1. The van der Waals surface area contributed by atoms with Gasteiger partial charge in [0.25, 0.3) is 0 Å². The molecule has 1 fully saturated rings. The van der Waals surface area contributed by atoms with Crippen LogP contribution in [0.5, 0.6) is 0 Å². The van der Waals surface area contributed by atoms with E-state index in [-0.39, 0.29) is 0 Å². The van der Waals surface area contributed by atoms with E-state index < -0.39 is 0 Å². The summed E-state index contributed by atoms with van der Waals surface area (Å²) in [6, 6.07) is 0. The fourth-order valence-electron chi connectivity index (χ4n) is 1.33. The van der Waals surface area contributed by atoms with Crippen molar-refractivity contribution in [3.05, 3.63) is 9.72 Å². The van der Waals surface area contributed by atoms with E-state index in [9.17, 15) is 0 Å². The maximum Gasteiger partial charge on any atom is 0.232 e. The predicted molar refractivity (Wildman–Crippen MR) is 49.8 cm³/mol. The Balaban J connectivity index is 2.08. The number of nitrogens with zero attached hydrogens (tertiary/aromatic N) is 2. The summed E-state index contributed by atoms with van der Waals surface area (Å²) in [5, 5.41) is 3.75. The molecule has 0 atom stereocenters. The molecule has 0 saturated carbocycles. The van der Waals surface area contributed by atoms with Gasteiger partial charge in [-0.1, -0.05) is 5.16 Å². The monoisotopic (exact) mass is 280 g/mol. The van der Waals surface area contributed by atoms with E-state index in [1.165, 1.54) is 0 Å². The van der Waals surface area contributed by atoms with Crippen molar-refractivity contribution in [1.82, 2.24) is 10.1 Å². The van der Waals surface area contributed by atoms with Crippen molar-refractivity contribution in [1.29, 1.82) is 0 Å². The van der Waals surface area contributed by atoms with Gasteiger partial charge < -0.3 is 9.26 Å². The van der Waals surface area contributed by atoms with Crippen LogP contribution in [0.15, 0.2) is 4.52 Å². The minimum absolute atomic E-state index is 0.412. The van der Waals surface area contributed by atoms with E-state index in [0.29, 0.717) is 9.75 Å². The Morgan fingerprint density at radius 1 is 1.33 bits per heavy atom. The van der Waals surface area contributed by atoms with Crippen LogP contribution in [0.25, 0.3) is 0 Å². The average Bonchev–Trinajstić information content (AvgIpc) is 2.54. The molecule has 5 heteroatoms. The largest absolute Gasteiger partial charge is 0.381 e. The van der Waals surface area contributed by atoms with Crippen LogP contribution < -0.4 is 0 Å². The van der Waals surface area contributed by atoms with Crippen molar-refractivity contribution < 1.29 is 9.26 Å². The van der Waals surface area contributed by atoms with Crippen molar-refractivity contribution in [2.75, 3.05) is 13.2 Å². The standard InChI is InChI=1S/C7H9IN2O2/c8-7-9-6(12-10-7)5-1-3-11-4-2-5/h5H,1-4H2. The molecule has 0 aromatic carbocycles. The first-order valence-corrected chi connectivity index (χ1v) is 5.01. The molecule has 1 aromatic heterocycles. The fraction of sp³-hybridized carbons (Fsp3) is 0.714. The molecule has 2 rings (SSSR count). The third-order valence-electron chi connectivity index (χ3n) is 1.99. The number of rotatable bonds is 1. The second-order valence-corrected chi connectivity index (χ2v) is 3.75. The second kappa shape index (κ2) is 3.69. The highest BCUT2D eigenvalue weighted by atomic mass is 127. The molecule has 0 aliphatic carbocycles. The highest BCUT2D eigenvalue weighted by Crippen LogP contribution is 2.25. The zero-order chi connectivity index (χ0) is 8.39. The van der Waals surface area contributed by atoms with Gasteiger partial charge >= 0.3 is 0 Å². The molecule has 0 spiro atoms. The van der Waals surface area contributed by atoms with E-state index >= 15 is 0 Å². The summed E-state index contributed by atoms with van der Waals surface area (Å²) < 4.78 is 11.0. The van der Waals surface area contributed by atoms with Gasteiger partial charge in [-0.15, -0.1) is 0 Å². The lowest BCUT2D eigenvalue weighted by molar-refractivity contribution is 0.0778. The second-order valence-electron chi connectivity index (χ2n) is 2.79. The van der Waals surface area contributed by atoms with E-state index in [0.717, 1.165) is 31.9 Å². The first-order valence-electron chi connectivity index (χ1n) is 3.93. The fourth-order valence-corrected chi connectivity index (χ4v) is 1.66. The Bertz CT molecular complexity index is 258. The van der Waals surface area contributed by atoms with Crippen LogP contribution in [-0.2, 0) is 4.74 Å². The van der Waals surface area contributed by atoms with E-state index in [1.54, 1.807) is 0 Å². The molecule has 1 saturated heterocycles. The van der Waals surface area contributed by atoms with Gasteiger partial charge in [0.1, 0.15) is 0 Å². The van der Waals surface area contributed by atoms with Crippen LogP contribution in [0.1, 0.15) is 24.7 Å². The van der Waals surface area contributed by atoms with E-state index in [1.807, 2.05) is 22.6 Å². The average molecular weight is 280 g/mol. The maximum absolute atomic E-state index is 5.24. The first-order chi connectivity index (χ1) is 5.86. The Morgan fingerprint density at radius 2 is 2.08 bits per heavy atom. The maximum atomic E-state index is 5.24. The van der Waals surface area contributed by atoms with Crippen molar-refractivity contribution in [3.63, 3.8) is 0 Å². The number of aromatic nitrogens is 2. The molecular weight excluding hydrogens is 271 g/mol. The summed E-state index contributed by atoms with van der Waals surface area (Å²) in [4.78, 5) is 4.19. The van der Waals surface area contributed by atoms with Crippen molar-refractivity contribution in [3.8, 4) is 0 Å². The van der Waals surface area contributed by atoms with Crippen LogP contribution in [0, 0.1) is 3.83 Å². The Labute approximate surface area is 83.8 Å². The third-order valence-corrected chi connectivity index (χ3v) is 2.43. The summed E-state index contributed by atoms with van der Waals surface area (Å²) in [6.07, 6.45) is 2.00. The summed E-state index contributed by atoms with van der Waals surface area (Å²) in [5.74, 6) is 1.18. The molecule has 0 radical (unpaired) electrons. The van der Waals surface area contributed by atoms with Crippen molar-refractivity contribution in [2.45, 2.75) is 18.8 Å². The molecule has 12 heavy (non-hydrogen) atoms. The van der Waals surface area contributed by atoms with Crippen LogP contribution in [0.3, 0.4) is 0 Å². The highest BCUT2D eigenvalue weighted by Gasteiger charge is 2.21. The van der Waals surface area contributed by atoms with Gasteiger partial charge in [-0.3, -0.25) is 0 Å². The molecule has 0 N–H and O–H groups in total. The highest BCUT2D eigenvalue weighted by molar-refractivity contribution is 14.1. The van der Waals surface area contributed by atoms with Gasteiger partial charge in [0.2, 0.25) is 9.72 Å². The molecule has 4 nitrogen and oxygen atoms in total. The molecular formula is C7H9IN2O2. The minimum Gasteiger partial charge on any atom is -0.381 e. The predicted octanol–water partition coefficient (Wildman–Crippen LogP) is 1.57. The number of hydrogen-bond donors (Lipinski definition) is 0. The number of ether oxygens (including phenoxy) is 1. The summed E-state index contributed by atoms with van der Waals surface area (Å²) in [5.41, 5.74) is 0. The normalized spacial score (nSPS) is 19.8. The third kappa shape index (κ3) is 1.77. The molecule has 0 unspecified atom stereocenters. The molecule has 1 aliphatic heterocycles. The van der Waals surface area contributed by atoms with Gasteiger partial charge in [-0.05, 0) is 12.8 Å². The summed E-state index contributed by atoms with van der Waals surface area (Å²) in [6.45, 7) is 1.62. The van der Waals surface area contributed by atoms with E-state index in [2.05, 4.69) is 10.1 Å². The molecule has 2 heterocycles. The zero-order valence-corrected chi connectivity index (χ0v) is 8.65. The smallest absolute Gasteiger partial charge is 0.232 e. The molecule has 0 bridgehead atoms. The lowest BCUT2D eigenvalue weighted by Crippen LogP contribution is -2.14. The molecule has 1 aliphatic rings. The van der Waals surface area contributed by atoms with Crippen molar-refractivity contribution >= 4 is 22.6 Å². The Hall–Kier alpha value is -0.170. The number of hydrogen-bond acceptors (Lipinski definition) is 4. The van der Waals surface area contributed by atoms with Gasteiger partial charge in [-0.25, -0.2) is 0 Å². The van der Waals surface area contributed by atoms with Crippen LogP contribution >= 0.6 is 22.6 Å². The molecule has 66 valence electrons.